The lowest BCUT2D eigenvalue weighted by Gasteiger charge is -2.09. The van der Waals surface area contributed by atoms with E-state index in [0.717, 1.165) is 17.3 Å². The minimum Gasteiger partial charge on any atom is -0.411 e. The molecule has 26 heavy (non-hydrogen) atoms. The summed E-state index contributed by atoms with van der Waals surface area (Å²) in [5, 5.41) is 10.1. The van der Waals surface area contributed by atoms with Gasteiger partial charge in [0.2, 0.25) is 5.91 Å². The second kappa shape index (κ2) is 8.09. The minimum absolute atomic E-state index is 0.0597. The number of carbonyl (C=O) groups is 1. The summed E-state index contributed by atoms with van der Waals surface area (Å²) in [5.74, 6) is -0.960. The maximum absolute atomic E-state index is 13.7. The molecule has 5 nitrogen and oxygen atoms in total. The van der Waals surface area contributed by atoms with Gasteiger partial charge in [0.1, 0.15) is 11.6 Å². The SMILES string of the molecule is C[C@@H](Sc1nnc(-c2ccccc2F)o1)C(=O)NCc1ccc(F)cc1. The molecule has 1 atom stereocenters. The molecule has 1 aromatic heterocycles. The molecule has 0 saturated carbocycles. The highest BCUT2D eigenvalue weighted by Crippen LogP contribution is 2.27. The summed E-state index contributed by atoms with van der Waals surface area (Å²) >= 11 is 1.08. The molecule has 1 heterocycles. The van der Waals surface area contributed by atoms with Gasteiger partial charge >= 0.3 is 0 Å². The number of aromatic nitrogens is 2. The highest BCUT2D eigenvalue weighted by atomic mass is 32.2. The van der Waals surface area contributed by atoms with Crippen LogP contribution in [0.4, 0.5) is 8.78 Å². The summed E-state index contributed by atoms with van der Waals surface area (Å²) in [4.78, 5) is 12.2. The van der Waals surface area contributed by atoms with E-state index in [1.807, 2.05) is 0 Å². The Morgan fingerprint density at radius 1 is 1.15 bits per heavy atom. The van der Waals surface area contributed by atoms with Crippen molar-refractivity contribution in [1.29, 1.82) is 0 Å². The Hall–Kier alpha value is -2.74. The number of rotatable bonds is 6. The van der Waals surface area contributed by atoms with E-state index >= 15 is 0 Å². The van der Waals surface area contributed by atoms with Crippen molar-refractivity contribution < 1.29 is 18.0 Å². The van der Waals surface area contributed by atoms with Crippen molar-refractivity contribution in [2.75, 3.05) is 0 Å². The van der Waals surface area contributed by atoms with E-state index in [1.54, 1.807) is 31.2 Å². The Morgan fingerprint density at radius 3 is 2.62 bits per heavy atom. The van der Waals surface area contributed by atoms with Crippen LogP contribution in [-0.4, -0.2) is 21.4 Å². The Labute approximate surface area is 152 Å². The first-order chi connectivity index (χ1) is 12.5. The van der Waals surface area contributed by atoms with E-state index < -0.39 is 11.1 Å². The number of thioether (sulfide) groups is 1. The molecule has 3 rings (SSSR count). The Morgan fingerprint density at radius 2 is 1.88 bits per heavy atom. The lowest BCUT2D eigenvalue weighted by Crippen LogP contribution is -2.30. The summed E-state index contributed by atoms with van der Waals surface area (Å²) in [6.45, 7) is 1.98. The van der Waals surface area contributed by atoms with Gasteiger partial charge in [-0.3, -0.25) is 4.79 Å². The Kier molecular flexibility index (Phi) is 5.62. The van der Waals surface area contributed by atoms with Crippen LogP contribution in [0, 0.1) is 11.6 Å². The number of hydrogen-bond acceptors (Lipinski definition) is 5. The molecule has 0 unspecified atom stereocenters. The van der Waals surface area contributed by atoms with Gasteiger partial charge in [0.15, 0.2) is 0 Å². The monoisotopic (exact) mass is 375 g/mol. The fourth-order valence-electron chi connectivity index (χ4n) is 2.14. The van der Waals surface area contributed by atoms with Crippen LogP contribution in [0.25, 0.3) is 11.5 Å². The lowest BCUT2D eigenvalue weighted by molar-refractivity contribution is -0.120. The van der Waals surface area contributed by atoms with Crippen LogP contribution in [-0.2, 0) is 11.3 Å². The molecule has 0 aliphatic rings. The second-order valence-corrected chi connectivity index (χ2v) is 6.75. The van der Waals surface area contributed by atoms with Crippen molar-refractivity contribution in [3.05, 3.63) is 65.7 Å². The summed E-state index contributed by atoms with van der Waals surface area (Å²) in [7, 11) is 0. The first kappa shape index (κ1) is 18.1. The molecule has 1 amide bonds. The Balaban J connectivity index is 1.57. The van der Waals surface area contributed by atoms with Crippen molar-refractivity contribution >= 4 is 17.7 Å². The van der Waals surface area contributed by atoms with Crippen LogP contribution >= 0.6 is 11.8 Å². The van der Waals surface area contributed by atoms with Gasteiger partial charge in [-0.1, -0.05) is 36.0 Å². The van der Waals surface area contributed by atoms with Crippen LogP contribution < -0.4 is 5.32 Å². The van der Waals surface area contributed by atoms with E-state index in [9.17, 15) is 13.6 Å². The molecule has 0 aliphatic heterocycles. The Bertz CT molecular complexity index is 899. The highest BCUT2D eigenvalue weighted by molar-refractivity contribution is 8.00. The number of carbonyl (C=O) groups excluding carboxylic acids is 1. The predicted molar refractivity (Wildman–Crippen MR) is 93.3 cm³/mol. The molecular weight excluding hydrogens is 360 g/mol. The average Bonchev–Trinajstić information content (AvgIpc) is 3.09. The fourth-order valence-corrected chi connectivity index (χ4v) is 2.85. The number of nitrogens with one attached hydrogen (secondary N) is 1. The third-order valence-electron chi connectivity index (χ3n) is 3.54. The molecule has 0 bridgehead atoms. The lowest BCUT2D eigenvalue weighted by atomic mass is 10.2. The van der Waals surface area contributed by atoms with E-state index in [2.05, 4.69) is 15.5 Å². The third kappa shape index (κ3) is 4.45. The first-order valence-electron chi connectivity index (χ1n) is 7.80. The average molecular weight is 375 g/mol. The quantitative estimate of drug-likeness (QED) is 0.664. The zero-order valence-corrected chi connectivity index (χ0v) is 14.6. The third-order valence-corrected chi connectivity index (χ3v) is 4.47. The first-order valence-corrected chi connectivity index (χ1v) is 8.68. The largest absolute Gasteiger partial charge is 0.411 e. The summed E-state index contributed by atoms with van der Waals surface area (Å²) < 4.78 is 32.0. The van der Waals surface area contributed by atoms with Crippen LogP contribution in [0.2, 0.25) is 0 Å². The van der Waals surface area contributed by atoms with Crippen LogP contribution in [0.1, 0.15) is 12.5 Å². The van der Waals surface area contributed by atoms with Crippen molar-refractivity contribution in [1.82, 2.24) is 15.5 Å². The van der Waals surface area contributed by atoms with E-state index in [4.69, 9.17) is 4.42 Å². The maximum atomic E-state index is 13.7. The van der Waals surface area contributed by atoms with Crippen molar-refractivity contribution in [3.63, 3.8) is 0 Å². The van der Waals surface area contributed by atoms with Gasteiger partial charge in [-0.05, 0) is 36.8 Å². The molecule has 0 radical (unpaired) electrons. The molecule has 0 fully saturated rings. The number of amides is 1. The van der Waals surface area contributed by atoms with Gasteiger partial charge < -0.3 is 9.73 Å². The topological polar surface area (TPSA) is 68.0 Å². The fraction of sp³-hybridized carbons (Fsp3) is 0.167. The van der Waals surface area contributed by atoms with Gasteiger partial charge in [0, 0.05) is 6.54 Å². The number of halogens is 2. The highest BCUT2D eigenvalue weighted by Gasteiger charge is 2.19. The summed E-state index contributed by atoms with van der Waals surface area (Å²) in [6, 6.07) is 12.0. The maximum Gasteiger partial charge on any atom is 0.277 e. The summed E-state index contributed by atoms with van der Waals surface area (Å²) in [6.07, 6.45) is 0. The van der Waals surface area contributed by atoms with E-state index in [1.165, 1.54) is 24.3 Å². The zero-order valence-electron chi connectivity index (χ0n) is 13.8. The van der Waals surface area contributed by atoms with Gasteiger partial charge in [-0.2, -0.15) is 0 Å². The number of hydrogen-bond donors (Lipinski definition) is 1. The van der Waals surface area contributed by atoms with Crippen molar-refractivity contribution in [2.24, 2.45) is 0 Å². The predicted octanol–water partition coefficient (Wildman–Crippen LogP) is 3.81. The molecule has 8 heteroatoms. The minimum atomic E-state index is -0.496. The smallest absolute Gasteiger partial charge is 0.277 e. The van der Waals surface area contributed by atoms with Crippen molar-refractivity contribution in [3.8, 4) is 11.5 Å². The molecule has 0 spiro atoms. The molecule has 0 saturated heterocycles. The molecule has 2 aromatic carbocycles. The molecule has 0 aliphatic carbocycles. The number of nitrogens with zero attached hydrogens (tertiary/aromatic N) is 2. The second-order valence-electron chi connectivity index (χ2n) is 5.46. The van der Waals surface area contributed by atoms with Crippen molar-refractivity contribution in [2.45, 2.75) is 23.9 Å². The van der Waals surface area contributed by atoms with Gasteiger partial charge in [0.05, 0.1) is 10.8 Å². The molecule has 3 aromatic rings. The normalized spacial score (nSPS) is 12.0. The summed E-state index contributed by atoms with van der Waals surface area (Å²) in [5.41, 5.74) is 0.997. The van der Waals surface area contributed by atoms with Crippen LogP contribution in [0.5, 0.6) is 0 Å². The van der Waals surface area contributed by atoms with E-state index in [0.29, 0.717) is 0 Å². The number of benzene rings is 2. The zero-order chi connectivity index (χ0) is 18.5. The standard InChI is InChI=1S/C18H15F2N3O2S/c1-11(16(24)21-10-12-6-8-13(19)9-7-12)26-18-23-22-17(25-18)14-4-2-3-5-15(14)20/h2-9,11H,10H2,1H3,(H,21,24)/t11-/m1/s1. The molecule has 1 N–H and O–H groups in total. The van der Waals surface area contributed by atoms with Crippen LogP contribution in [0.15, 0.2) is 58.2 Å². The van der Waals surface area contributed by atoms with Gasteiger partial charge in [-0.25, -0.2) is 8.78 Å². The van der Waals surface area contributed by atoms with Gasteiger partial charge in [-0.15, -0.1) is 10.2 Å². The van der Waals surface area contributed by atoms with E-state index in [-0.39, 0.29) is 34.9 Å². The van der Waals surface area contributed by atoms with Crippen LogP contribution in [0.3, 0.4) is 0 Å². The van der Waals surface area contributed by atoms with Gasteiger partial charge in [0.25, 0.3) is 11.1 Å². The molecular formula is C18H15F2N3O2S. The molecule has 134 valence electrons.